The van der Waals surface area contributed by atoms with Crippen molar-refractivity contribution in [2.24, 2.45) is 0 Å². The molecule has 0 unspecified atom stereocenters. The fraction of sp³-hybridized carbons (Fsp3) is 0.400. The number of benzene rings is 2. The average Bonchev–Trinajstić information content (AvgIpc) is 2.72. The summed E-state index contributed by atoms with van der Waals surface area (Å²) in [6.45, 7) is 17.2. The Hall–Kier alpha value is -0.282. The lowest BCUT2D eigenvalue weighted by molar-refractivity contribution is 0.249. The third-order valence-electron chi connectivity index (χ3n) is 4.37. The highest BCUT2D eigenvalue weighted by Gasteiger charge is 2.49. The predicted octanol–water partition coefficient (Wildman–Crippen LogP) is 1.71. The van der Waals surface area contributed by atoms with Crippen molar-refractivity contribution in [2.75, 3.05) is 0 Å². The van der Waals surface area contributed by atoms with E-state index in [1.165, 1.54) is 0 Å². The van der Waals surface area contributed by atoms with Crippen LogP contribution in [0.5, 0.6) is 0 Å². The Morgan fingerprint density at radius 1 is 0.455 bits per heavy atom. The maximum absolute atomic E-state index is 7.01. The average molecular weight is 573 g/mol. The van der Waals surface area contributed by atoms with Crippen LogP contribution in [-0.2, 0) is 24.7 Å². The molecule has 0 fully saturated rings. The zero-order valence-corrected chi connectivity index (χ0v) is 29.1. The molecule has 13 heteroatoms. The van der Waals surface area contributed by atoms with E-state index in [4.69, 9.17) is 24.7 Å². The molecule has 0 amide bonds. The molecule has 0 saturated carbocycles. The van der Waals surface area contributed by atoms with E-state index in [0.29, 0.717) is 0 Å². The van der Waals surface area contributed by atoms with Crippen molar-refractivity contribution in [1.82, 2.24) is 0 Å². The van der Waals surface area contributed by atoms with Crippen LogP contribution in [0.1, 0.15) is 0 Å². The highest BCUT2D eigenvalue weighted by molar-refractivity contribution is 6.98. The van der Waals surface area contributed by atoms with E-state index in [1.807, 2.05) is 36.4 Å². The first-order chi connectivity index (χ1) is 15.6. The largest absolute Gasteiger partial charge is 0.454 e. The summed E-state index contributed by atoms with van der Waals surface area (Å²) in [6, 6.07) is 20.5. The van der Waals surface area contributed by atoms with Crippen LogP contribution >= 0.6 is 0 Å². The first-order valence-electron chi connectivity index (χ1n) is 11.7. The summed E-state index contributed by atoms with van der Waals surface area (Å²) in [5.41, 5.74) is 0. The summed E-state index contributed by atoms with van der Waals surface area (Å²) in [5.74, 6) is 0. The van der Waals surface area contributed by atoms with Crippen LogP contribution in [-0.4, -0.2) is 63.8 Å². The lowest BCUT2D eigenvalue weighted by Gasteiger charge is -2.38. The Bertz CT molecular complexity index is 711. The zero-order valence-electron chi connectivity index (χ0n) is 21.2. The Labute approximate surface area is 211 Å². The van der Waals surface area contributed by atoms with Gasteiger partial charge in [-0.1, -0.05) is 60.7 Å². The smallest absolute Gasteiger partial charge is 0.422 e. The van der Waals surface area contributed by atoms with Crippen LogP contribution in [0.25, 0.3) is 0 Å². The standard InChI is InChI=1S/C20H40O6Si7/c1-27(2)21-31(22-28(3)4)25-33(19-15-11-9-12-16-19,20-17-13-10-14-18-20)26-32(23-29(5)6)24-30(7)8/h9-18,27-32H,1-8H3. The summed E-state index contributed by atoms with van der Waals surface area (Å²) in [5, 5.41) is 2.05. The van der Waals surface area contributed by atoms with Crippen molar-refractivity contribution in [2.45, 2.75) is 52.4 Å². The van der Waals surface area contributed by atoms with Crippen LogP contribution in [0.4, 0.5) is 0 Å². The van der Waals surface area contributed by atoms with Crippen molar-refractivity contribution in [3.05, 3.63) is 60.7 Å². The van der Waals surface area contributed by atoms with E-state index >= 15 is 0 Å². The van der Waals surface area contributed by atoms with Gasteiger partial charge in [0.15, 0.2) is 36.2 Å². The predicted molar refractivity (Wildman–Crippen MR) is 154 cm³/mol. The molecule has 2 aromatic rings. The molecule has 0 aromatic heterocycles. The zero-order chi connectivity index (χ0) is 24.4. The Kier molecular flexibility index (Phi) is 12.6. The van der Waals surface area contributed by atoms with Gasteiger partial charge in [0, 0.05) is 0 Å². The van der Waals surface area contributed by atoms with Crippen molar-refractivity contribution in [1.29, 1.82) is 0 Å². The summed E-state index contributed by atoms with van der Waals surface area (Å²) in [4.78, 5) is 0. The lowest BCUT2D eigenvalue weighted by Crippen LogP contribution is -2.69. The highest BCUT2D eigenvalue weighted by atomic mass is 28.5. The molecule has 6 nitrogen and oxygen atoms in total. The van der Waals surface area contributed by atoms with Gasteiger partial charge in [-0.05, 0) is 62.7 Å². The second kappa shape index (κ2) is 14.3. The van der Waals surface area contributed by atoms with Gasteiger partial charge in [-0.3, -0.25) is 0 Å². The van der Waals surface area contributed by atoms with Crippen LogP contribution in [0.2, 0.25) is 52.4 Å². The minimum atomic E-state index is -3.23. The molecule has 0 saturated heterocycles. The van der Waals surface area contributed by atoms with Gasteiger partial charge in [0.25, 0.3) is 0 Å². The molecule has 0 spiro atoms. The molecule has 0 N–H and O–H groups in total. The second-order valence-electron chi connectivity index (χ2n) is 8.90. The molecule has 184 valence electrons. The van der Waals surface area contributed by atoms with Crippen molar-refractivity contribution >= 4 is 74.1 Å². The molecule has 0 atom stereocenters. The SMILES string of the molecule is C[SiH](C)O[SiH](O[SiH](C)C)O[Si](O[SiH](O[SiH](C)C)O[SiH](C)C)(c1ccccc1)c1ccccc1. The van der Waals surface area contributed by atoms with Crippen LogP contribution in [0.3, 0.4) is 0 Å². The molecule has 2 aromatic carbocycles. The van der Waals surface area contributed by atoms with Gasteiger partial charge in [-0.25, -0.2) is 0 Å². The number of hydrogen-bond donors (Lipinski definition) is 0. The fourth-order valence-corrected chi connectivity index (χ4v) is 21.4. The van der Waals surface area contributed by atoms with Crippen molar-refractivity contribution < 1.29 is 24.7 Å². The van der Waals surface area contributed by atoms with E-state index in [9.17, 15) is 0 Å². The van der Waals surface area contributed by atoms with Gasteiger partial charge in [0.05, 0.1) is 0 Å². The third-order valence-corrected chi connectivity index (χ3v) is 23.0. The maximum atomic E-state index is 7.01. The molecular formula is C20H40O6Si7. The quantitative estimate of drug-likeness (QED) is 0.321. The molecule has 0 bridgehead atoms. The third kappa shape index (κ3) is 9.71. The van der Waals surface area contributed by atoms with Gasteiger partial charge in [0.1, 0.15) is 0 Å². The lowest BCUT2D eigenvalue weighted by atomic mass is 10.4. The Morgan fingerprint density at radius 2 is 0.727 bits per heavy atom. The highest BCUT2D eigenvalue weighted by Crippen LogP contribution is 2.17. The maximum Gasteiger partial charge on any atom is 0.454 e. The summed E-state index contributed by atoms with van der Waals surface area (Å²) >= 11 is 0. The van der Waals surface area contributed by atoms with Crippen LogP contribution in [0.15, 0.2) is 60.7 Å². The summed E-state index contributed by atoms with van der Waals surface area (Å²) in [6.07, 6.45) is 0. The number of rotatable bonds is 14. The monoisotopic (exact) mass is 572 g/mol. The van der Waals surface area contributed by atoms with Gasteiger partial charge in [-0.2, -0.15) is 0 Å². The van der Waals surface area contributed by atoms with Crippen LogP contribution < -0.4 is 10.4 Å². The molecule has 0 heterocycles. The first-order valence-corrected chi connectivity index (χ1v) is 27.5. The van der Waals surface area contributed by atoms with E-state index < -0.39 is 63.8 Å². The second-order valence-corrected chi connectivity index (χ2v) is 27.1. The molecular weight excluding hydrogens is 533 g/mol. The van der Waals surface area contributed by atoms with Crippen molar-refractivity contribution in [3.8, 4) is 0 Å². The summed E-state index contributed by atoms with van der Waals surface area (Å²) in [7, 11) is -13.7. The minimum absolute atomic E-state index is 1.03. The van der Waals surface area contributed by atoms with Gasteiger partial charge >= 0.3 is 27.6 Å². The first kappa shape index (κ1) is 29.0. The Balaban J connectivity index is 2.64. The molecule has 33 heavy (non-hydrogen) atoms. The van der Waals surface area contributed by atoms with Crippen molar-refractivity contribution in [3.63, 3.8) is 0 Å². The minimum Gasteiger partial charge on any atom is -0.422 e. The molecule has 2 rings (SSSR count). The summed E-state index contributed by atoms with van der Waals surface area (Å²) < 4.78 is 39.5. The topological polar surface area (TPSA) is 55.4 Å². The van der Waals surface area contributed by atoms with Crippen LogP contribution in [0, 0.1) is 0 Å². The van der Waals surface area contributed by atoms with Gasteiger partial charge in [0.2, 0.25) is 0 Å². The number of hydrogen-bond acceptors (Lipinski definition) is 6. The van der Waals surface area contributed by atoms with Gasteiger partial charge in [-0.15, -0.1) is 0 Å². The molecule has 0 aliphatic rings. The van der Waals surface area contributed by atoms with Gasteiger partial charge < -0.3 is 24.7 Å². The van der Waals surface area contributed by atoms with E-state index in [2.05, 4.69) is 76.6 Å². The van der Waals surface area contributed by atoms with E-state index in [1.54, 1.807) is 0 Å². The normalized spacial score (nSPS) is 12.8. The molecule has 0 aliphatic carbocycles. The van der Waals surface area contributed by atoms with E-state index in [0.717, 1.165) is 10.4 Å². The Morgan fingerprint density at radius 3 is 0.970 bits per heavy atom. The molecule has 0 aliphatic heterocycles. The fourth-order valence-electron chi connectivity index (χ4n) is 3.12. The molecule has 0 radical (unpaired) electrons. The van der Waals surface area contributed by atoms with E-state index in [-0.39, 0.29) is 0 Å².